The number of aryl methyl sites for hydroxylation is 1. The number of hydrogen-bond donors (Lipinski definition) is 2. The molecule has 2 rings (SSSR count). The summed E-state index contributed by atoms with van der Waals surface area (Å²) in [5.41, 5.74) is 3.20. The number of benzene rings is 2. The van der Waals surface area contributed by atoms with Gasteiger partial charge >= 0.3 is 6.09 Å². The third-order valence-corrected chi connectivity index (χ3v) is 3.40. The lowest BCUT2D eigenvalue weighted by Crippen LogP contribution is -2.16. The Morgan fingerprint density at radius 2 is 1.69 bits per heavy atom. The van der Waals surface area contributed by atoms with E-state index in [1.165, 1.54) is 13.2 Å². The largest absolute Gasteiger partial charge is 0.447 e. The van der Waals surface area contributed by atoms with Gasteiger partial charge in [0.1, 0.15) is 6.61 Å². The third kappa shape index (κ3) is 6.78. The van der Waals surface area contributed by atoms with Crippen LogP contribution >= 0.6 is 0 Å². The molecule has 0 saturated carbocycles. The number of amides is 2. The van der Waals surface area contributed by atoms with Gasteiger partial charge in [-0.15, -0.1) is 0 Å². The molecule has 0 atom stereocenters. The van der Waals surface area contributed by atoms with E-state index in [9.17, 15) is 9.59 Å². The standard InChI is InChI=1S/C20H22N2O4/c1-15-6-8-16(9-7-15)10-11-19(23)21-17-4-3-5-18(14-17)22-20(24)26-13-12-25-2/h3-11,14H,12-13H2,1-2H3,(H,21,23)(H,22,24). The summed E-state index contributed by atoms with van der Waals surface area (Å²) < 4.78 is 9.74. The summed E-state index contributed by atoms with van der Waals surface area (Å²) in [5, 5.41) is 5.34. The average Bonchev–Trinajstić information content (AvgIpc) is 2.62. The van der Waals surface area contributed by atoms with E-state index in [0.29, 0.717) is 18.0 Å². The van der Waals surface area contributed by atoms with Gasteiger partial charge in [-0.2, -0.15) is 0 Å². The molecular weight excluding hydrogens is 332 g/mol. The van der Waals surface area contributed by atoms with Crippen LogP contribution in [0.5, 0.6) is 0 Å². The molecule has 26 heavy (non-hydrogen) atoms. The Balaban J connectivity index is 1.89. The van der Waals surface area contributed by atoms with Gasteiger partial charge < -0.3 is 14.8 Å². The molecule has 0 aromatic heterocycles. The van der Waals surface area contributed by atoms with Crippen molar-refractivity contribution in [1.82, 2.24) is 0 Å². The quantitative estimate of drug-likeness (QED) is 0.585. The van der Waals surface area contributed by atoms with E-state index < -0.39 is 6.09 Å². The number of carbonyl (C=O) groups excluding carboxylic acids is 2. The molecule has 0 saturated heterocycles. The van der Waals surface area contributed by atoms with Crippen molar-refractivity contribution in [3.63, 3.8) is 0 Å². The predicted octanol–water partition coefficient (Wildman–Crippen LogP) is 3.84. The first-order chi connectivity index (χ1) is 12.6. The van der Waals surface area contributed by atoms with E-state index in [0.717, 1.165) is 11.1 Å². The van der Waals surface area contributed by atoms with E-state index in [1.807, 2.05) is 31.2 Å². The van der Waals surface area contributed by atoms with Gasteiger partial charge in [0.15, 0.2) is 0 Å². The number of ether oxygens (including phenoxy) is 2. The highest BCUT2D eigenvalue weighted by atomic mass is 16.6. The van der Waals surface area contributed by atoms with Crippen LogP contribution in [0.1, 0.15) is 11.1 Å². The van der Waals surface area contributed by atoms with E-state index in [4.69, 9.17) is 9.47 Å². The lowest BCUT2D eigenvalue weighted by atomic mass is 10.1. The maximum Gasteiger partial charge on any atom is 0.411 e. The first-order valence-corrected chi connectivity index (χ1v) is 8.15. The SMILES string of the molecule is COCCOC(=O)Nc1cccc(NC(=O)C=Cc2ccc(C)cc2)c1. The molecule has 0 fully saturated rings. The third-order valence-electron chi connectivity index (χ3n) is 3.40. The molecule has 0 radical (unpaired) electrons. The number of methoxy groups -OCH3 is 1. The fourth-order valence-corrected chi connectivity index (χ4v) is 2.08. The van der Waals surface area contributed by atoms with Crippen molar-refractivity contribution in [3.05, 3.63) is 65.7 Å². The second kappa shape index (κ2) is 10.0. The molecule has 0 aliphatic carbocycles. The lowest BCUT2D eigenvalue weighted by molar-refractivity contribution is -0.111. The van der Waals surface area contributed by atoms with Crippen molar-refractivity contribution in [2.75, 3.05) is 31.0 Å². The van der Waals surface area contributed by atoms with Gasteiger partial charge in [0, 0.05) is 24.6 Å². The highest BCUT2D eigenvalue weighted by Crippen LogP contribution is 2.15. The zero-order valence-corrected chi connectivity index (χ0v) is 14.8. The molecule has 0 aliphatic rings. The van der Waals surface area contributed by atoms with Gasteiger partial charge in [0.2, 0.25) is 5.91 Å². The molecular formula is C20H22N2O4. The number of rotatable bonds is 7. The van der Waals surface area contributed by atoms with Gasteiger partial charge in [-0.25, -0.2) is 4.79 Å². The van der Waals surface area contributed by atoms with Gasteiger partial charge in [-0.3, -0.25) is 10.1 Å². The smallest absolute Gasteiger partial charge is 0.411 e. The van der Waals surface area contributed by atoms with Crippen molar-refractivity contribution < 1.29 is 19.1 Å². The Morgan fingerprint density at radius 1 is 1.00 bits per heavy atom. The van der Waals surface area contributed by atoms with Crippen molar-refractivity contribution in [2.24, 2.45) is 0 Å². The van der Waals surface area contributed by atoms with Crippen molar-refractivity contribution in [1.29, 1.82) is 0 Å². The van der Waals surface area contributed by atoms with Crippen LogP contribution in [-0.4, -0.2) is 32.3 Å². The zero-order chi connectivity index (χ0) is 18.8. The molecule has 0 unspecified atom stereocenters. The number of anilines is 2. The molecule has 0 aliphatic heterocycles. The average molecular weight is 354 g/mol. The zero-order valence-electron chi connectivity index (χ0n) is 14.8. The van der Waals surface area contributed by atoms with Crippen molar-refractivity contribution in [2.45, 2.75) is 6.92 Å². The van der Waals surface area contributed by atoms with Gasteiger partial charge in [0.25, 0.3) is 0 Å². The maximum absolute atomic E-state index is 12.0. The molecule has 6 heteroatoms. The number of carbonyl (C=O) groups is 2. The Kier molecular flexibility index (Phi) is 7.39. The molecule has 2 N–H and O–H groups in total. The molecule has 0 heterocycles. The molecule has 2 aromatic carbocycles. The van der Waals surface area contributed by atoms with Crippen LogP contribution in [0.2, 0.25) is 0 Å². The highest BCUT2D eigenvalue weighted by Gasteiger charge is 2.04. The van der Waals surface area contributed by atoms with Crippen LogP contribution in [0.4, 0.5) is 16.2 Å². The Hall–Kier alpha value is -3.12. The molecule has 2 amide bonds. The van der Waals surface area contributed by atoms with E-state index in [1.54, 1.807) is 30.3 Å². The first-order valence-electron chi connectivity index (χ1n) is 8.15. The van der Waals surface area contributed by atoms with E-state index >= 15 is 0 Å². The molecule has 2 aromatic rings. The predicted molar refractivity (Wildman–Crippen MR) is 102 cm³/mol. The summed E-state index contributed by atoms with van der Waals surface area (Å²) in [5.74, 6) is -0.259. The van der Waals surface area contributed by atoms with Crippen LogP contribution in [0.25, 0.3) is 6.08 Å². The Labute approximate surface area is 152 Å². The second-order valence-corrected chi connectivity index (χ2v) is 5.57. The monoisotopic (exact) mass is 354 g/mol. The summed E-state index contributed by atoms with van der Waals surface area (Å²) in [7, 11) is 1.53. The molecule has 0 bridgehead atoms. The van der Waals surface area contributed by atoms with Crippen LogP contribution in [0.3, 0.4) is 0 Å². The molecule has 6 nitrogen and oxygen atoms in total. The molecule has 0 spiro atoms. The van der Waals surface area contributed by atoms with Crippen LogP contribution in [0.15, 0.2) is 54.6 Å². The number of nitrogens with one attached hydrogen (secondary N) is 2. The summed E-state index contributed by atoms with van der Waals surface area (Å²) in [6.07, 6.45) is 2.62. The fraction of sp³-hybridized carbons (Fsp3) is 0.200. The topological polar surface area (TPSA) is 76.7 Å². The Morgan fingerprint density at radius 3 is 2.38 bits per heavy atom. The number of hydrogen-bond acceptors (Lipinski definition) is 4. The first kappa shape index (κ1) is 19.2. The van der Waals surface area contributed by atoms with E-state index in [-0.39, 0.29) is 12.5 Å². The summed E-state index contributed by atoms with van der Waals surface area (Å²) in [6, 6.07) is 14.7. The normalized spacial score (nSPS) is 10.5. The Bertz CT molecular complexity index is 770. The molecule has 136 valence electrons. The second-order valence-electron chi connectivity index (χ2n) is 5.57. The minimum absolute atomic E-state index is 0.169. The van der Waals surface area contributed by atoms with Gasteiger partial charge in [0.05, 0.1) is 6.61 Å². The van der Waals surface area contributed by atoms with E-state index in [2.05, 4.69) is 10.6 Å². The van der Waals surface area contributed by atoms with Crippen LogP contribution in [0, 0.1) is 6.92 Å². The van der Waals surface area contributed by atoms with Crippen molar-refractivity contribution in [3.8, 4) is 0 Å². The van der Waals surface area contributed by atoms with Gasteiger partial charge in [-0.1, -0.05) is 35.9 Å². The summed E-state index contributed by atoms with van der Waals surface area (Å²) >= 11 is 0. The van der Waals surface area contributed by atoms with Crippen molar-refractivity contribution >= 4 is 29.5 Å². The van der Waals surface area contributed by atoms with Gasteiger partial charge in [-0.05, 0) is 36.8 Å². The summed E-state index contributed by atoms with van der Waals surface area (Å²) in [4.78, 5) is 23.7. The fourth-order valence-electron chi connectivity index (χ4n) is 2.08. The maximum atomic E-state index is 12.0. The van der Waals surface area contributed by atoms with Crippen LogP contribution in [-0.2, 0) is 14.3 Å². The lowest BCUT2D eigenvalue weighted by Gasteiger charge is -2.08. The highest BCUT2D eigenvalue weighted by molar-refractivity contribution is 6.02. The van der Waals surface area contributed by atoms with Crippen LogP contribution < -0.4 is 10.6 Å². The minimum atomic E-state index is -0.579. The summed E-state index contributed by atoms with van der Waals surface area (Å²) in [6.45, 7) is 2.51. The minimum Gasteiger partial charge on any atom is -0.447 e.